The first-order valence-corrected chi connectivity index (χ1v) is 10.1. The number of likely N-dealkylation sites (tertiary alicyclic amines) is 1. The summed E-state index contributed by atoms with van der Waals surface area (Å²) >= 11 is 0. The van der Waals surface area contributed by atoms with E-state index in [0.717, 1.165) is 44.3 Å². The number of hydrogen-bond donors (Lipinski definition) is 1. The molecule has 0 aromatic heterocycles. The van der Waals surface area contributed by atoms with Gasteiger partial charge in [-0.15, -0.1) is 38.0 Å². The molecule has 9 heteroatoms. The lowest BCUT2D eigenvalue weighted by molar-refractivity contribution is -0.274. The quantitative estimate of drug-likeness (QED) is 0.642. The predicted octanol–water partition coefficient (Wildman–Crippen LogP) is 4.84. The summed E-state index contributed by atoms with van der Waals surface area (Å²) in [5.41, 5.74) is -0.162. The summed E-state index contributed by atoms with van der Waals surface area (Å²) in [5, 5.41) is 11.4. The molecule has 1 heterocycles. The Balaban J connectivity index is 0.00000225. The summed E-state index contributed by atoms with van der Waals surface area (Å²) in [6.07, 6.45) is 0.718. The summed E-state index contributed by atoms with van der Waals surface area (Å²) in [7, 11) is 4.14. The second-order valence-electron chi connectivity index (χ2n) is 8.50. The van der Waals surface area contributed by atoms with Crippen molar-refractivity contribution >= 4 is 24.8 Å². The zero-order chi connectivity index (χ0) is 20.4. The molecule has 174 valence electrons. The van der Waals surface area contributed by atoms with Crippen LogP contribution in [0.2, 0.25) is 0 Å². The number of ether oxygens (including phenoxy) is 1. The Kier molecular flexibility index (Phi) is 10.2. The molecule has 1 aromatic rings. The summed E-state index contributed by atoms with van der Waals surface area (Å²) in [6.45, 7) is 2.50. The monoisotopic (exact) mass is 472 g/mol. The standard InChI is InChI=1S/C21H31F3N2O2.2ClH/c1-25(2)17-9-12-26(14-17)15-19(20(27)10-4-3-5-11-20)16-7-6-8-18(13-16)28-21(22,23)24;;/h6-8,13,17,19,27H,3-5,9-12,14-15H2,1-2H3;2*1H/t17-,19?;;/m1../s1. The lowest BCUT2D eigenvalue weighted by atomic mass is 9.72. The van der Waals surface area contributed by atoms with Crippen LogP contribution < -0.4 is 4.74 Å². The van der Waals surface area contributed by atoms with E-state index in [2.05, 4.69) is 28.6 Å². The maximum Gasteiger partial charge on any atom is 0.573 e. The number of aliphatic hydroxyl groups is 1. The number of benzene rings is 1. The second kappa shape index (κ2) is 11.2. The van der Waals surface area contributed by atoms with E-state index >= 15 is 0 Å². The van der Waals surface area contributed by atoms with Crippen LogP contribution in [0.1, 0.15) is 50.0 Å². The number of hydrogen-bond acceptors (Lipinski definition) is 4. The van der Waals surface area contributed by atoms with E-state index in [4.69, 9.17) is 0 Å². The van der Waals surface area contributed by atoms with Crippen LogP contribution in [0, 0.1) is 0 Å². The van der Waals surface area contributed by atoms with E-state index in [1.54, 1.807) is 6.07 Å². The molecule has 1 N–H and O–H groups in total. The van der Waals surface area contributed by atoms with Gasteiger partial charge in [0.1, 0.15) is 5.75 Å². The Bertz CT molecular complexity index is 655. The van der Waals surface area contributed by atoms with E-state index in [0.29, 0.717) is 25.4 Å². The molecule has 2 aliphatic rings. The molecular formula is C21H33Cl2F3N2O2. The Hall–Kier alpha value is -0.730. The first-order valence-electron chi connectivity index (χ1n) is 10.1. The van der Waals surface area contributed by atoms with E-state index in [9.17, 15) is 18.3 Å². The Morgan fingerprint density at radius 1 is 1.20 bits per heavy atom. The molecular weight excluding hydrogens is 440 g/mol. The van der Waals surface area contributed by atoms with Gasteiger partial charge in [-0.25, -0.2) is 0 Å². The molecule has 3 rings (SSSR count). The zero-order valence-corrected chi connectivity index (χ0v) is 19.2. The molecule has 4 nitrogen and oxygen atoms in total. The van der Waals surface area contributed by atoms with Crippen molar-refractivity contribution in [1.82, 2.24) is 9.80 Å². The molecule has 2 fully saturated rings. The molecule has 0 spiro atoms. The minimum absolute atomic E-state index is 0. The highest BCUT2D eigenvalue weighted by molar-refractivity contribution is 5.85. The van der Waals surface area contributed by atoms with Crippen molar-refractivity contribution in [1.29, 1.82) is 0 Å². The van der Waals surface area contributed by atoms with Crippen molar-refractivity contribution < 1.29 is 23.0 Å². The van der Waals surface area contributed by atoms with Crippen molar-refractivity contribution in [3.63, 3.8) is 0 Å². The van der Waals surface area contributed by atoms with Crippen molar-refractivity contribution in [2.75, 3.05) is 33.7 Å². The van der Waals surface area contributed by atoms with Gasteiger partial charge >= 0.3 is 6.36 Å². The molecule has 1 saturated heterocycles. The predicted molar refractivity (Wildman–Crippen MR) is 117 cm³/mol. The zero-order valence-electron chi connectivity index (χ0n) is 17.5. The molecule has 0 radical (unpaired) electrons. The van der Waals surface area contributed by atoms with E-state index in [1.807, 2.05) is 6.07 Å². The lowest BCUT2D eigenvalue weighted by Gasteiger charge is -2.41. The van der Waals surface area contributed by atoms with Gasteiger partial charge in [0.2, 0.25) is 0 Å². The van der Waals surface area contributed by atoms with Crippen LogP contribution >= 0.6 is 24.8 Å². The van der Waals surface area contributed by atoms with Crippen LogP contribution in [0.4, 0.5) is 13.2 Å². The number of rotatable bonds is 6. The van der Waals surface area contributed by atoms with Crippen LogP contribution in [0.5, 0.6) is 5.75 Å². The molecule has 30 heavy (non-hydrogen) atoms. The number of nitrogens with zero attached hydrogens (tertiary/aromatic N) is 2. The average molecular weight is 473 g/mol. The maximum atomic E-state index is 12.7. The molecule has 0 bridgehead atoms. The molecule has 1 aromatic carbocycles. The van der Waals surface area contributed by atoms with Crippen LogP contribution in [0.15, 0.2) is 24.3 Å². The van der Waals surface area contributed by atoms with Gasteiger partial charge in [-0.1, -0.05) is 31.4 Å². The third-order valence-electron chi connectivity index (χ3n) is 6.28. The Labute approximate surface area is 189 Å². The highest BCUT2D eigenvalue weighted by Gasteiger charge is 2.41. The first-order chi connectivity index (χ1) is 13.2. The van der Waals surface area contributed by atoms with Gasteiger partial charge in [0.15, 0.2) is 0 Å². The van der Waals surface area contributed by atoms with Gasteiger partial charge in [-0.3, -0.25) is 0 Å². The largest absolute Gasteiger partial charge is 0.573 e. The van der Waals surface area contributed by atoms with Crippen LogP contribution in [0.3, 0.4) is 0 Å². The Morgan fingerprint density at radius 3 is 2.43 bits per heavy atom. The fraction of sp³-hybridized carbons (Fsp3) is 0.714. The second-order valence-corrected chi connectivity index (χ2v) is 8.50. The summed E-state index contributed by atoms with van der Waals surface area (Å²) in [6, 6.07) is 6.64. The molecule has 1 unspecified atom stereocenters. The summed E-state index contributed by atoms with van der Waals surface area (Å²) in [4.78, 5) is 4.54. The normalized spacial score (nSPS) is 22.8. The third kappa shape index (κ3) is 7.16. The lowest BCUT2D eigenvalue weighted by Crippen LogP contribution is -2.44. The first kappa shape index (κ1) is 27.3. The summed E-state index contributed by atoms with van der Waals surface area (Å²) in [5.74, 6) is -0.451. The number of likely N-dealkylation sites (N-methyl/N-ethyl adjacent to an activating group) is 1. The average Bonchev–Trinajstić information content (AvgIpc) is 3.08. The van der Waals surface area contributed by atoms with Crippen molar-refractivity contribution in [3.05, 3.63) is 29.8 Å². The van der Waals surface area contributed by atoms with Gasteiger partial charge in [-0.05, 0) is 57.6 Å². The maximum absolute atomic E-state index is 12.7. The van der Waals surface area contributed by atoms with Gasteiger partial charge in [-0.2, -0.15) is 0 Å². The van der Waals surface area contributed by atoms with E-state index < -0.39 is 12.0 Å². The highest BCUT2D eigenvalue weighted by atomic mass is 35.5. The van der Waals surface area contributed by atoms with Crippen LogP contribution in [0.25, 0.3) is 0 Å². The highest BCUT2D eigenvalue weighted by Crippen LogP contribution is 2.42. The fourth-order valence-corrected chi connectivity index (χ4v) is 4.68. The summed E-state index contributed by atoms with van der Waals surface area (Å²) < 4.78 is 42.1. The van der Waals surface area contributed by atoms with E-state index in [1.165, 1.54) is 12.1 Å². The topological polar surface area (TPSA) is 35.9 Å². The van der Waals surface area contributed by atoms with Gasteiger partial charge in [0.25, 0.3) is 0 Å². The van der Waals surface area contributed by atoms with E-state index in [-0.39, 0.29) is 36.5 Å². The molecule has 1 aliphatic carbocycles. The minimum atomic E-state index is -4.72. The number of halogens is 5. The van der Waals surface area contributed by atoms with Gasteiger partial charge in [0, 0.05) is 25.0 Å². The third-order valence-corrected chi connectivity index (χ3v) is 6.28. The molecule has 0 amide bonds. The van der Waals surface area contributed by atoms with Crippen molar-refractivity contribution in [2.24, 2.45) is 0 Å². The Morgan fingerprint density at radius 2 is 1.87 bits per heavy atom. The van der Waals surface area contributed by atoms with Crippen LogP contribution in [-0.4, -0.2) is 66.6 Å². The van der Waals surface area contributed by atoms with Crippen molar-refractivity contribution in [3.8, 4) is 5.75 Å². The SMILES string of the molecule is CN(C)[C@@H]1CCN(CC(c2cccc(OC(F)(F)F)c2)C2(O)CCCCC2)C1.Cl.Cl. The fourth-order valence-electron chi connectivity index (χ4n) is 4.68. The van der Waals surface area contributed by atoms with Crippen LogP contribution in [-0.2, 0) is 0 Å². The minimum Gasteiger partial charge on any atom is -0.406 e. The van der Waals surface area contributed by atoms with Crippen molar-refractivity contribution in [2.45, 2.75) is 62.4 Å². The molecule has 1 aliphatic heterocycles. The number of alkyl halides is 3. The molecule has 1 saturated carbocycles. The smallest absolute Gasteiger partial charge is 0.406 e. The molecule has 2 atom stereocenters. The van der Waals surface area contributed by atoms with Gasteiger partial charge < -0.3 is 19.6 Å². The van der Waals surface area contributed by atoms with Gasteiger partial charge in [0.05, 0.1) is 5.60 Å².